The Labute approximate surface area is 82.2 Å². The van der Waals surface area contributed by atoms with E-state index < -0.39 is 5.97 Å². The molecule has 1 aromatic heterocycles. The van der Waals surface area contributed by atoms with Crippen molar-refractivity contribution in [1.82, 2.24) is 5.32 Å². The van der Waals surface area contributed by atoms with Gasteiger partial charge in [0.15, 0.2) is 0 Å². The zero-order chi connectivity index (χ0) is 10.4. The predicted octanol–water partition coefficient (Wildman–Crippen LogP) is 1.64. The van der Waals surface area contributed by atoms with E-state index in [0.29, 0.717) is 12.3 Å². The van der Waals surface area contributed by atoms with Crippen LogP contribution < -0.4 is 5.32 Å². The van der Waals surface area contributed by atoms with Crippen molar-refractivity contribution >= 4 is 5.97 Å². The van der Waals surface area contributed by atoms with Gasteiger partial charge >= 0.3 is 5.97 Å². The van der Waals surface area contributed by atoms with Crippen LogP contribution in [0.25, 0.3) is 0 Å². The van der Waals surface area contributed by atoms with Crippen molar-refractivity contribution in [3.05, 3.63) is 36.3 Å². The number of carboxylic acid groups (broad SMARTS) is 1. The van der Waals surface area contributed by atoms with Crippen molar-refractivity contribution in [1.29, 1.82) is 0 Å². The molecule has 4 nitrogen and oxygen atoms in total. The Balaban J connectivity index is 2.36. The quantitative estimate of drug-likeness (QED) is 0.535. The molecule has 14 heavy (non-hydrogen) atoms. The first-order valence-corrected chi connectivity index (χ1v) is 4.36. The number of furan rings is 1. The molecule has 0 fully saturated rings. The van der Waals surface area contributed by atoms with Gasteiger partial charge in [-0.1, -0.05) is 6.08 Å². The van der Waals surface area contributed by atoms with E-state index in [1.165, 1.54) is 12.3 Å². The summed E-state index contributed by atoms with van der Waals surface area (Å²) in [6.45, 7) is 4.95. The molecule has 0 unspecified atom stereocenters. The highest BCUT2D eigenvalue weighted by atomic mass is 16.4. The molecule has 0 spiro atoms. The second-order valence-corrected chi connectivity index (χ2v) is 2.86. The normalized spacial score (nSPS) is 10.0. The first kappa shape index (κ1) is 10.5. The summed E-state index contributed by atoms with van der Waals surface area (Å²) in [6, 6.07) is 1.52. The molecule has 76 valence electrons. The topological polar surface area (TPSA) is 62.5 Å². The Kier molecular flexibility index (Phi) is 3.94. The summed E-state index contributed by atoms with van der Waals surface area (Å²) in [5.41, 5.74) is 0.186. The molecule has 0 aliphatic carbocycles. The van der Waals surface area contributed by atoms with Crippen molar-refractivity contribution in [2.24, 2.45) is 0 Å². The van der Waals surface area contributed by atoms with E-state index in [2.05, 4.69) is 11.9 Å². The summed E-state index contributed by atoms with van der Waals surface area (Å²) >= 11 is 0. The average molecular weight is 195 g/mol. The monoisotopic (exact) mass is 195 g/mol. The lowest BCUT2D eigenvalue weighted by Crippen LogP contribution is -2.13. The Morgan fingerprint density at radius 2 is 2.50 bits per heavy atom. The minimum Gasteiger partial charge on any atom is -0.478 e. The van der Waals surface area contributed by atoms with Crippen LogP contribution in [0.1, 0.15) is 22.5 Å². The molecule has 0 bridgehead atoms. The molecule has 0 radical (unpaired) electrons. The molecular formula is C10H13NO3. The summed E-state index contributed by atoms with van der Waals surface area (Å²) in [5, 5.41) is 11.7. The van der Waals surface area contributed by atoms with Gasteiger partial charge in [0.05, 0.1) is 12.1 Å². The molecule has 0 saturated heterocycles. The van der Waals surface area contributed by atoms with Gasteiger partial charge in [-0.05, 0) is 19.0 Å². The molecule has 0 atom stereocenters. The smallest absolute Gasteiger partial charge is 0.338 e. The fourth-order valence-electron chi connectivity index (χ4n) is 1.00. The van der Waals surface area contributed by atoms with Crippen molar-refractivity contribution in [3.8, 4) is 0 Å². The maximum Gasteiger partial charge on any atom is 0.338 e. The Bertz CT molecular complexity index is 317. The standard InChI is InChI=1S/C10H13NO3/c1-2-3-4-11-6-9-5-8(7-14-9)10(12)13/h2,5,7,11H,1,3-4,6H2,(H,12,13). The second-order valence-electron chi connectivity index (χ2n) is 2.86. The Morgan fingerprint density at radius 3 is 3.07 bits per heavy atom. The van der Waals surface area contributed by atoms with Gasteiger partial charge in [-0.25, -0.2) is 4.79 Å². The van der Waals surface area contributed by atoms with E-state index in [9.17, 15) is 4.79 Å². The third-order valence-corrected chi connectivity index (χ3v) is 1.73. The highest BCUT2D eigenvalue weighted by Gasteiger charge is 2.06. The molecule has 0 aliphatic rings. The van der Waals surface area contributed by atoms with Crippen molar-refractivity contribution < 1.29 is 14.3 Å². The van der Waals surface area contributed by atoms with E-state index in [4.69, 9.17) is 9.52 Å². The van der Waals surface area contributed by atoms with Gasteiger partial charge in [-0.2, -0.15) is 0 Å². The molecule has 0 amide bonds. The van der Waals surface area contributed by atoms with E-state index in [1.54, 1.807) is 0 Å². The van der Waals surface area contributed by atoms with Gasteiger partial charge in [0.1, 0.15) is 12.0 Å². The molecule has 2 N–H and O–H groups in total. The lowest BCUT2D eigenvalue weighted by atomic mass is 10.3. The first-order valence-electron chi connectivity index (χ1n) is 4.36. The molecular weight excluding hydrogens is 182 g/mol. The van der Waals surface area contributed by atoms with Crippen LogP contribution in [0.15, 0.2) is 29.4 Å². The van der Waals surface area contributed by atoms with E-state index >= 15 is 0 Å². The number of carboxylic acids is 1. The van der Waals surface area contributed by atoms with Gasteiger partial charge in [0, 0.05) is 0 Å². The van der Waals surface area contributed by atoms with Gasteiger partial charge < -0.3 is 14.8 Å². The number of nitrogens with one attached hydrogen (secondary N) is 1. The van der Waals surface area contributed by atoms with Crippen LogP contribution >= 0.6 is 0 Å². The van der Waals surface area contributed by atoms with Crippen LogP contribution in [-0.4, -0.2) is 17.6 Å². The molecule has 0 saturated carbocycles. The Morgan fingerprint density at radius 1 is 1.71 bits per heavy atom. The summed E-state index contributed by atoms with van der Waals surface area (Å²) in [6.07, 6.45) is 3.94. The van der Waals surface area contributed by atoms with Gasteiger partial charge in [-0.15, -0.1) is 6.58 Å². The summed E-state index contributed by atoms with van der Waals surface area (Å²) in [4.78, 5) is 10.5. The zero-order valence-electron chi connectivity index (χ0n) is 7.82. The number of carbonyl (C=O) groups is 1. The molecule has 1 aromatic rings. The first-order chi connectivity index (χ1) is 6.74. The minimum atomic E-state index is -0.967. The van der Waals surface area contributed by atoms with Crippen LogP contribution in [0.2, 0.25) is 0 Å². The molecule has 0 aliphatic heterocycles. The highest BCUT2D eigenvalue weighted by Crippen LogP contribution is 2.07. The van der Waals surface area contributed by atoms with Crippen molar-refractivity contribution in [2.45, 2.75) is 13.0 Å². The Hall–Kier alpha value is -1.55. The molecule has 0 aromatic carbocycles. The molecule has 1 heterocycles. The number of hydrogen-bond acceptors (Lipinski definition) is 3. The van der Waals surface area contributed by atoms with Gasteiger partial charge in [0.25, 0.3) is 0 Å². The van der Waals surface area contributed by atoms with Crippen LogP contribution in [-0.2, 0) is 6.54 Å². The molecule has 1 rings (SSSR count). The summed E-state index contributed by atoms with van der Waals surface area (Å²) in [5.74, 6) is -0.336. The zero-order valence-corrected chi connectivity index (χ0v) is 7.82. The number of rotatable bonds is 6. The van der Waals surface area contributed by atoms with Crippen molar-refractivity contribution in [3.63, 3.8) is 0 Å². The van der Waals surface area contributed by atoms with Crippen LogP contribution in [0, 0.1) is 0 Å². The maximum atomic E-state index is 10.5. The fourth-order valence-corrected chi connectivity index (χ4v) is 1.00. The lowest BCUT2D eigenvalue weighted by Gasteiger charge is -1.97. The largest absolute Gasteiger partial charge is 0.478 e. The number of hydrogen-bond donors (Lipinski definition) is 2. The van der Waals surface area contributed by atoms with Gasteiger partial charge in [0.2, 0.25) is 0 Å². The minimum absolute atomic E-state index is 0.186. The van der Waals surface area contributed by atoms with Crippen LogP contribution in [0.5, 0.6) is 0 Å². The van der Waals surface area contributed by atoms with Crippen molar-refractivity contribution in [2.75, 3.05) is 6.54 Å². The SMILES string of the molecule is C=CCCNCc1cc(C(=O)O)co1. The summed E-state index contributed by atoms with van der Waals surface area (Å²) < 4.78 is 5.04. The number of aromatic carboxylic acids is 1. The average Bonchev–Trinajstić information content (AvgIpc) is 2.61. The highest BCUT2D eigenvalue weighted by molar-refractivity contribution is 5.87. The van der Waals surface area contributed by atoms with Crippen LogP contribution in [0.3, 0.4) is 0 Å². The van der Waals surface area contributed by atoms with Gasteiger partial charge in [-0.3, -0.25) is 0 Å². The summed E-state index contributed by atoms with van der Waals surface area (Å²) in [7, 11) is 0. The van der Waals surface area contributed by atoms with E-state index in [0.717, 1.165) is 13.0 Å². The van der Waals surface area contributed by atoms with E-state index in [-0.39, 0.29) is 5.56 Å². The molecule has 4 heteroatoms. The maximum absolute atomic E-state index is 10.5. The van der Waals surface area contributed by atoms with E-state index in [1.807, 2.05) is 6.08 Å². The predicted molar refractivity (Wildman–Crippen MR) is 52.2 cm³/mol. The third-order valence-electron chi connectivity index (χ3n) is 1.73. The lowest BCUT2D eigenvalue weighted by molar-refractivity contribution is 0.0696. The second kappa shape index (κ2) is 5.24. The third kappa shape index (κ3) is 3.06. The fraction of sp³-hybridized carbons (Fsp3) is 0.300. The van der Waals surface area contributed by atoms with Crippen LogP contribution in [0.4, 0.5) is 0 Å².